The first kappa shape index (κ1) is 20.4. The Labute approximate surface area is 169 Å². The summed E-state index contributed by atoms with van der Waals surface area (Å²) < 4.78 is 0. The van der Waals surface area contributed by atoms with Crippen LogP contribution in [0.2, 0.25) is 0 Å². The van der Waals surface area contributed by atoms with Crippen LogP contribution in [0.1, 0.15) is 91.2 Å². The van der Waals surface area contributed by atoms with Gasteiger partial charge in [0.05, 0.1) is 5.56 Å². The van der Waals surface area contributed by atoms with E-state index in [2.05, 4.69) is 60.6 Å². The highest BCUT2D eigenvalue weighted by atomic mass is 16.4. The van der Waals surface area contributed by atoms with Crippen LogP contribution in [-0.2, 0) is 10.8 Å². The van der Waals surface area contributed by atoms with E-state index >= 15 is 0 Å². The van der Waals surface area contributed by atoms with Crippen LogP contribution in [0.5, 0.6) is 0 Å². The lowest BCUT2D eigenvalue weighted by Crippen LogP contribution is -2.35. The fraction of sp³-hybridized carbons (Fsp3) is 0.423. The molecular formula is C26H32O2. The quantitative estimate of drug-likeness (QED) is 0.591. The van der Waals surface area contributed by atoms with Crippen molar-refractivity contribution < 1.29 is 9.90 Å². The zero-order valence-electron chi connectivity index (χ0n) is 18.2. The smallest absolute Gasteiger partial charge is 0.335 e. The van der Waals surface area contributed by atoms with Gasteiger partial charge in [-0.15, -0.1) is 0 Å². The third kappa shape index (κ3) is 3.53. The van der Waals surface area contributed by atoms with Gasteiger partial charge in [-0.25, -0.2) is 4.79 Å². The summed E-state index contributed by atoms with van der Waals surface area (Å²) in [5.74, 6) is -0.891. The fourth-order valence-corrected chi connectivity index (χ4v) is 4.97. The standard InChI is InChI=1S/C26H32O2/c1-16(14-19-8-10-20(11-9-19)24(27)28)21-15-17(2)22-23(18(21)3)26(6,7)13-12-25(22,4)5/h8-11,14-15H,12-13H2,1-7H3,(H,27,28)/b16-14+. The summed E-state index contributed by atoms with van der Waals surface area (Å²) in [7, 11) is 0. The Morgan fingerprint density at radius 3 is 2.04 bits per heavy atom. The SMILES string of the molecule is C/C(=C\c1ccc(C(=O)O)cc1)c1cc(C)c2c(c1C)C(C)(C)CCC2(C)C. The highest BCUT2D eigenvalue weighted by Crippen LogP contribution is 2.49. The first-order chi connectivity index (χ1) is 12.9. The van der Waals surface area contributed by atoms with Crippen molar-refractivity contribution in [3.05, 3.63) is 69.3 Å². The number of rotatable bonds is 3. The second-order valence-corrected chi connectivity index (χ2v) is 9.64. The second-order valence-electron chi connectivity index (χ2n) is 9.64. The average molecular weight is 377 g/mol. The molecular weight excluding hydrogens is 344 g/mol. The molecule has 0 saturated carbocycles. The molecule has 0 aromatic heterocycles. The fourth-order valence-electron chi connectivity index (χ4n) is 4.97. The molecule has 1 aliphatic rings. The molecule has 1 aliphatic carbocycles. The van der Waals surface area contributed by atoms with Gasteiger partial charge >= 0.3 is 5.97 Å². The van der Waals surface area contributed by atoms with E-state index in [0.717, 1.165) is 5.56 Å². The van der Waals surface area contributed by atoms with Gasteiger partial charge in [0.2, 0.25) is 0 Å². The minimum Gasteiger partial charge on any atom is -0.478 e. The molecule has 0 bridgehead atoms. The zero-order valence-corrected chi connectivity index (χ0v) is 18.2. The molecule has 3 rings (SSSR count). The van der Waals surface area contributed by atoms with Crippen LogP contribution in [0.15, 0.2) is 30.3 Å². The molecule has 2 heteroatoms. The maximum Gasteiger partial charge on any atom is 0.335 e. The number of aromatic carboxylic acids is 1. The molecule has 0 amide bonds. The van der Waals surface area contributed by atoms with Gasteiger partial charge in [-0.3, -0.25) is 0 Å². The first-order valence-corrected chi connectivity index (χ1v) is 10.1. The van der Waals surface area contributed by atoms with E-state index in [1.165, 1.54) is 46.2 Å². The minimum atomic E-state index is -0.891. The molecule has 0 saturated heterocycles. The maximum absolute atomic E-state index is 11.1. The molecule has 2 aromatic carbocycles. The Morgan fingerprint density at radius 1 is 0.964 bits per heavy atom. The third-order valence-electron chi connectivity index (χ3n) is 6.48. The molecule has 1 N–H and O–H groups in total. The molecule has 0 unspecified atom stereocenters. The van der Waals surface area contributed by atoms with Crippen LogP contribution < -0.4 is 0 Å². The first-order valence-electron chi connectivity index (χ1n) is 10.1. The zero-order chi connectivity index (χ0) is 20.9. The van der Waals surface area contributed by atoms with Crippen molar-refractivity contribution in [3.63, 3.8) is 0 Å². The Bertz CT molecular complexity index is 957. The summed E-state index contributed by atoms with van der Waals surface area (Å²) in [5.41, 5.74) is 10.1. The van der Waals surface area contributed by atoms with Crippen LogP contribution in [0.4, 0.5) is 0 Å². The number of aryl methyl sites for hydroxylation is 1. The Balaban J connectivity index is 2.13. The lowest BCUT2D eigenvalue weighted by Gasteiger charge is -2.44. The van der Waals surface area contributed by atoms with E-state index in [4.69, 9.17) is 5.11 Å². The van der Waals surface area contributed by atoms with Gasteiger partial charge < -0.3 is 5.11 Å². The Hall–Kier alpha value is -2.35. The summed E-state index contributed by atoms with van der Waals surface area (Å²) in [4.78, 5) is 11.1. The summed E-state index contributed by atoms with van der Waals surface area (Å²) in [6.45, 7) is 16.2. The number of hydrogen-bond acceptors (Lipinski definition) is 1. The van der Waals surface area contributed by atoms with Crippen molar-refractivity contribution in [3.8, 4) is 0 Å². The third-order valence-corrected chi connectivity index (χ3v) is 6.48. The lowest BCUT2D eigenvalue weighted by molar-refractivity contribution is 0.0697. The van der Waals surface area contributed by atoms with Crippen LogP contribution in [0.3, 0.4) is 0 Å². The van der Waals surface area contributed by atoms with Gasteiger partial charge in [-0.05, 0) is 95.5 Å². The van der Waals surface area contributed by atoms with Crippen molar-refractivity contribution >= 4 is 17.6 Å². The van der Waals surface area contributed by atoms with E-state index in [-0.39, 0.29) is 10.8 Å². The number of carboxylic acid groups (broad SMARTS) is 1. The largest absolute Gasteiger partial charge is 0.478 e. The number of hydrogen-bond donors (Lipinski definition) is 1. The van der Waals surface area contributed by atoms with Crippen molar-refractivity contribution in [1.29, 1.82) is 0 Å². The number of fused-ring (bicyclic) bond motifs is 1. The predicted octanol–water partition coefficient (Wildman–Crippen LogP) is 6.91. The molecule has 0 fully saturated rings. The Morgan fingerprint density at radius 2 is 1.50 bits per heavy atom. The minimum absolute atomic E-state index is 0.180. The highest BCUT2D eigenvalue weighted by molar-refractivity contribution is 5.88. The summed E-state index contributed by atoms with van der Waals surface area (Å²) in [6.07, 6.45) is 4.58. The molecule has 0 atom stereocenters. The molecule has 2 aromatic rings. The average Bonchev–Trinajstić information content (AvgIpc) is 2.60. The molecule has 0 radical (unpaired) electrons. The molecule has 148 valence electrons. The number of carboxylic acids is 1. The van der Waals surface area contributed by atoms with E-state index in [0.29, 0.717) is 5.56 Å². The number of allylic oxidation sites excluding steroid dienone is 1. The van der Waals surface area contributed by atoms with E-state index in [9.17, 15) is 4.79 Å². The van der Waals surface area contributed by atoms with Crippen molar-refractivity contribution in [2.75, 3.05) is 0 Å². The van der Waals surface area contributed by atoms with Gasteiger partial charge in [0.15, 0.2) is 0 Å². The topological polar surface area (TPSA) is 37.3 Å². The van der Waals surface area contributed by atoms with Crippen molar-refractivity contribution in [1.82, 2.24) is 0 Å². The van der Waals surface area contributed by atoms with Crippen LogP contribution in [0.25, 0.3) is 11.6 Å². The van der Waals surface area contributed by atoms with Gasteiger partial charge in [0.1, 0.15) is 0 Å². The molecule has 2 nitrogen and oxygen atoms in total. The Kier molecular flexibility index (Phi) is 5.04. The van der Waals surface area contributed by atoms with E-state index in [1.54, 1.807) is 12.1 Å². The normalized spacial score (nSPS) is 17.9. The van der Waals surface area contributed by atoms with Crippen molar-refractivity contribution in [2.45, 2.75) is 72.1 Å². The van der Waals surface area contributed by atoms with E-state index in [1.807, 2.05) is 12.1 Å². The summed E-state index contributed by atoms with van der Waals surface area (Å²) >= 11 is 0. The monoisotopic (exact) mass is 376 g/mol. The van der Waals surface area contributed by atoms with Gasteiger partial charge in [0.25, 0.3) is 0 Å². The van der Waals surface area contributed by atoms with Gasteiger partial charge in [-0.2, -0.15) is 0 Å². The molecule has 0 heterocycles. The summed E-state index contributed by atoms with van der Waals surface area (Å²) in [6, 6.07) is 9.42. The second kappa shape index (κ2) is 6.92. The molecule has 0 aliphatic heterocycles. The van der Waals surface area contributed by atoms with Crippen molar-refractivity contribution in [2.24, 2.45) is 0 Å². The van der Waals surface area contributed by atoms with Crippen LogP contribution >= 0.6 is 0 Å². The highest BCUT2D eigenvalue weighted by Gasteiger charge is 2.39. The number of carbonyl (C=O) groups is 1. The lowest BCUT2D eigenvalue weighted by atomic mass is 9.60. The van der Waals surface area contributed by atoms with Crippen LogP contribution in [0, 0.1) is 13.8 Å². The maximum atomic E-state index is 11.1. The van der Waals surface area contributed by atoms with E-state index < -0.39 is 5.97 Å². The number of benzene rings is 2. The molecule has 0 spiro atoms. The molecule has 28 heavy (non-hydrogen) atoms. The van der Waals surface area contributed by atoms with Gasteiger partial charge in [-0.1, -0.05) is 52.0 Å². The summed E-state index contributed by atoms with van der Waals surface area (Å²) in [5, 5.41) is 9.09. The predicted molar refractivity (Wildman–Crippen MR) is 118 cm³/mol. The van der Waals surface area contributed by atoms with Gasteiger partial charge in [0, 0.05) is 0 Å². The van der Waals surface area contributed by atoms with Crippen LogP contribution in [-0.4, -0.2) is 11.1 Å².